The minimum Gasteiger partial charge on any atom is -0.317 e. The number of hydrogen-bond acceptors (Lipinski definition) is 1. The Morgan fingerprint density at radius 3 is 1.60 bits per heavy atom. The van der Waals surface area contributed by atoms with Gasteiger partial charge in [0.15, 0.2) is 0 Å². The molecule has 0 bridgehead atoms. The largest absolute Gasteiger partial charge is 0.317 e. The van der Waals surface area contributed by atoms with E-state index in [1.807, 2.05) is 0 Å². The predicted molar refractivity (Wildman–Crippen MR) is 86.9 cm³/mol. The second-order valence-corrected chi connectivity index (χ2v) is 5.44. The lowest BCUT2D eigenvalue weighted by Gasteiger charge is -2.26. The quantitative estimate of drug-likeness (QED) is 0.797. The normalized spacial score (nSPS) is 12.6. The number of rotatable bonds is 7. The lowest BCUT2D eigenvalue weighted by atomic mass is 9.85. The fourth-order valence-corrected chi connectivity index (χ4v) is 2.96. The van der Waals surface area contributed by atoms with Gasteiger partial charge >= 0.3 is 0 Å². The zero-order chi connectivity index (χ0) is 14.2. The molecule has 106 valence electrons. The first kappa shape index (κ1) is 14.8. The number of nitrogens with one attached hydrogen (secondary N) is 1. The lowest BCUT2D eigenvalue weighted by molar-refractivity contribution is 0.357. The van der Waals surface area contributed by atoms with E-state index in [0.717, 1.165) is 12.8 Å². The maximum absolute atomic E-state index is 3.49. The molecule has 0 fully saturated rings. The minimum absolute atomic E-state index is 0.565. The van der Waals surface area contributed by atoms with Crippen molar-refractivity contribution in [2.75, 3.05) is 7.05 Å². The molecule has 0 saturated heterocycles. The minimum atomic E-state index is 0.565. The van der Waals surface area contributed by atoms with E-state index in [-0.39, 0.29) is 0 Å². The summed E-state index contributed by atoms with van der Waals surface area (Å²) in [5.74, 6) is 0.634. The maximum atomic E-state index is 3.49. The molecule has 1 N–H and O–H groups in total. The maximum Gasteiger partial charge on any atom is 0.00960 e. The van der Waals surface area contributed by atoms with Crippen LogP contribution in [0.4, 0.5) is 0 Å². The zero-order valence-electron chi connectivity index (χ0n) is 12.5. The van der Waals surface area contributed by atoms with Crippen LogP contribution in [0.25, 0.3) is 0 Å². The van der Waals surface area contributed by atoms with Crippen LogP contribution in [0, 0.1) is 5.92 Å². The summed E-state index contributed by atoms with van der Waals surface area (Å²) in [4.78, 5) is 0. The number of benzene rings is 2. The average Bonchev–Trinajstić information content (AvgIpc) is 2.50. The van der Waals surface area contributed by atoms with Gasteiger partial charge in [-0.25, -0.2) is 0 Å². The van der Waals surface area contributed by atoms with E-state index in [9.17, 15) is 0 Å². The highest BCUT2D eigenvalue weighted by Gasteiger charge is 2.19. The van der Waals surface area contributed by atoms with Gasteiger partial charge in [0, 0.05) is 6.04 Å². The van der Waals surface area contributed by atoms with E-state index < -0.39 is 0 Å². The molecule has 1 atom stereocenters. The van der Waals surface area contributed by atoms with Crippen molar-refractivity contribution in [1.82, 2.24) is 5.32 Å². The van der Waals surface area contributed by atoms with Crippen molar-refractivity contribution in [3.63, 3.8) is 0 Å². The van der Waals surface area contributed by atoms with Crippen LogP contribution >= 0.6 is 0 Å². The molecule has 0 aliphatic carbocycles. The topological polar surface area (TPSA) is 12.0 Å². The second kappa shape index (κ2) is 7.86. The Bertz CT molecular complexity index is 432. The van der Waals surface area contributed by atoms with E-state index in [0.29, 0.717) is 12.0 Å². The summed E-state index contributed by atoms with van der Waals surface area (Å²) < 4.78 is 0. The van der Waals surface area contributed by atoms with Gasteiger partial charge in [-0.05, 0) is 43.4 Å². The summed E-state index contributed by atoms with van der Waals surface area (Å²) >= 11 is 0. The molecule has 0 heterocycles. The summed E-state index contributed by atoms with van der Waals surface area (Å²) in [5.41, 5.74) is 2.87. The predicted octanol–water partition coefficient (Wildman–Crippen LogP) is 4.09. The first-order valence-corrected chi connectivity index (χ1v) is 7.58. The van der Waals surface area contributed by atoms with Crippen molar-refractivity contribution in [2.45, 2.75) is 32.2 Å². The highest BCUT2D eigenvalue weighted by molar-refractivity contribution is 5.19. The third-order valence-electron chi connectivity index (χ3n) is 4.06. The first-order valence-electron chi connectivity index (χ1n) is 7.58. The van der Waals surface area contributed by atoms with Crippen molar-refractivity contribution in [1.29, 1.82) is 0 Å². The molecule has 0 aliphatic rings. The fourth-order valence-electron chi connectivity index (χ4n) is 2.96. The Balaban J connectivity index is 2.12. The Kier molecular flexibility index (Phi) is 5.82. The van der Waals surface area contributed by atoms with Gasteiger partial charge in [0.1, 0.15) is 0 Å². The van der Waals surface area contributed by atoms with Gasteiger partial charge in [-0.3, -0.25) is 0 Å². The van der Waals surface area contributed by atoms with Crippen LogP contribution < -0.4 is 5.32 Å². The molecule has 2 aromatic carbocycles. The van der Waals surface area contributed by atoms with E-state index in [1.54, 1.807) is 0 Å². The van der Waals surface area contributed by atoms with Crippen molar-refractivity contribution in [3.05, 3.63) is 71.8 Å². The number of hydrogen-bond donors (Lipinski definition) is 1. The molecule has 0 aromatic heterocycles. The summed E-state index contributed by atoms with van der Waals surface area (Å²) in [6.45, 7) is 2.27. The van der Waals surface area contributed by atoms with Crippen LogP contribution in [0.3, 0.4) is 0 Å². The molecular weight excluding hydrogens is 242 g/mol. The molecule has 1 heteroatoms. The van der Waals surface area contributed by atoms with Gasteiger partial charge < -0.3 is 5.32 Å². The summed E-state index contributed by atoms with van der Waals surface area (Å²) in [6, 6.07) is 22.2. The van der Waals surface area contributed by atoms with Gasteiger partial charge in [0.25, 0.3) is 0 Å². The molecule has 1 unspecified atom stereocenters. The van der Waals surface area contributed by atoms with Gasteiger partial charge in [-0.15, -0.1) is 0 Å². The third kappa shape index (κ3) is 4.21. The SMILES string of the molecule is CCC(NC)C(Cc1ccccc1)Cc1ccccc1. The molecule has 0 amide bonds. The van der Waals surface area contributed by atoms with E-state index in [1.165, 1.54) is 17.5 Å². The van der Waals surface area contributed by atoms with E-state index in [4.69, 9.17) is 0 Å². The molecule has 0 radical (unpaired) electrons. The average molecular weight is 267 g/mol. The Labute approximate surface area is 123 Å². The molecule has 20 heavy (non-hydrogen) atoms. The van der Waals surface area contributed by atoms with Crippen LogP contribution in [-0.4, -0.2) is 13.1 Å². The Hall–Kier alpha value is -1.60. The smallest absolute Gasteiger partial charge is 0.00960 e. The summed E-state index contributed by atoms with van der Waals surface area (Å²) in [5, 5.41) is 3.49. The van der Waals surface area contributed by atoms with Gasteiger partial charge in [-0.2, -0.15) is 0 Å². The van der Waals surface area contributed by atoms with Crippen molar-refractivity contribution < 1.29 is 0 Å². The molecule has 0 aliphatic heterocycles. The lowest BCUT2D eigenvalue weighted by Crippen LogP contribution is -2.35. The molecule has 0 spiro atoms. The van der Waals surface area contributed by atoms with Crippen LogP contribution in [0.1, 0.15) is 24.5 Å². The zero-order valence-corrected chi connectivity index (χ0v) is 12.5. The third-order valence-corrected chi connectivity index (χ3v) is 4.06. The van der Waals surface area contributed by atoms with Gasteiger partial charge in [0.2, 0.25) is 0 Å². The monoisotopic (exact) mass is 267 g/mol. The van der Waals surface area contributed by atoms with Crippen molar-refractivity contribution >= 4 is 0 Å². The molecular formula is C19H25N. The van der Waals surface area contributed by atoms with Gasteiger partial charge in [0.05, 0.1) is 0 Å². The van der Waals surface area contributed by atoms with Crippen molar-refractivity contribution in [3.8, 4) is 0 Å². The molecule has 2 aromatic rings. The van der Waals surface area contributed by atoms with E-state index in [2.05, 4.69) is 80.0 Å². The highest BCUT2D eigenvalue weighted by atomic mass is 14.9. The van der Waals surface area contributed by atoms with Gasteiger partial charge in [-0.1, -0.05) is 67.6 Å². The van der Waals surface area contributed by atoms with Crippen LogP contribution in [0.5, 0.6) is 0 Å². The Morgan fingerprint density at radius 1 is 0.800 bits per heavy atom. The van der Waals surface area contributed by atoms with Crippen LogP contribution in [0.15, 0.2) is 60.7 Å². The van der Waals surface area contributed by atoms with Crippen LogP contribution in [-0.2, 0) is 12.8 Å². The second-order valence-electron chi connectivity index (χ2n) is 5.44. The molecule has 0 saturated carbocycles. The Morgan fingerprint density at radius 2 is 1.25 bits per heavy atom. The summed E-state index contributed by atoms with van der Waals surface area (Å²) in [7, 11) is 2.08. The highest BCUT2D eigenvalue weighted by Crippen LogP contribution is 2.20. The molecule has 2 rings (SSSR count). The summed E-state index contributed by atoms with van der Waals surface area (Å²) in [6.07, 6.45) is 3.44. The molecule has 1 nitrogen and oxygen atoms in total. The van der Waals surface area contributed by atoms with Crippen molar-refractivity contribution in [2.24, 2.45) is 5.92 Å². The fraction of sp³-hybridized carbons (Fsp3) is 0.368. The first-order chi connectivity index (χ1) is 9.83. The van der Waals surface area contributed by atoms with E-state index >= 15 is 0 Å². The standard InChI is InChI=1S/C19H25N/c1-3-19(20-2)18(14-16-10-6-4-7-11-16)15-17-12-8-5-9-13-17/h4-13,18-20H,3,14-15H2,1-2H3. The van der Waals surface area contributed by atoms with Crippen LogP contribution in [0.2, 0.25) is 0 Å².